The molecule has 2 rings (SSSR count). The molecule has 0 bridgehead atoms. The summed E-state index contributed by atoms with van der Waals surface area (Å²) in [4.78, 5) is 24.8. The maximum atomic E-state index is 12.5. The first-order valence-electron chi connectivity index (χ1n) is 8.88. The van der Waals surface area contributed by atoms with E-state index < -0.39 is 34.0 Å². The molecule has 7 nitrogen and oxygen atoms in total. The van der Waals surface area contributed by atoms with Crippen LogP contribution < -0.4 is 10.0 Å². The Balaban J connectivity index is 2.04. The molecule has 1 aliphatic rings. The smallest absolute Gasteiger partial charge is 0.325 e. The van der Waals surface area contributed by atoms with Crippen molar-refractivity contribution in [3.05, 3.63) is 35.9 Å². The molecule has 8 heteroatoms. The molecule has 2 N–H and O–H groups in total. The minimum Gasteiger partial charge on any atom is -0.446 e. The van der Waals surface area contributed by atoms with Crippen molar-refractivity contribution in [2.45, 2.75) is 57.7 Å². The van der Waals surface area contributed by atoms with Crippen molar-refractivity contribution in [1.29, 1.82) is 0 Å². The molecule has 0 radical (unpaired) electrons. The van der Waals surface area contributed by atoms with Crippen LogP contribution in [-0.2, 0) is 24.3 Å². The highest BCUT2D eigenvalue weighted by Gasteiger charge is 2.32. The van der Waals surface area contributed by atoms with E-state index in [4.69, 9.17) is 4.74 Å². The van der Waals surface area contributed by atoms with Crippen LogP contribution in [0.15, 0.2) is 30.3 Å². The van der Waals surface area contributed by atoms with E-state index in [0.717, 1.165) is 19.3 Å². The Kier molecular flexibility index (Phi) is 7.16. The van der Waals surface area contributed by atoms with Gasteiger partial charge in [0.05, 0.1) is 5.75 Å². The summed E-state index contributed by atoms with van der Waals surface area (Å²) in [5.74, 6) is -1.23. The zero-order valence-electron chi connectivity index (χ0n) is 15.1. The van der Waals surface area contributed by atoms with E-state index in [0.29, 0.717) is 12.0 Å². The molecule has 2 atom stereocenters. The van der Waals surface area contributed by atoms with Gasteiger partial charge in [0, 0.05) is 11.6 Å². The number of benzene rings is 1. The predicted molar refractivity (Wildman–Crippen MR) is 97.7 cm³/mol. The Morgan fingerprint density at radius 1 is 1.23 bits per heavy atom. The largest absolute Gasteiger partial charge is 0.446 e. The number of hydrogen-bond donors (Lipinski definition) is 2. The van der Waals surface area contributed by atoms with Crippen molar-refractivity contribution in [2.75, 3.05) is 5.75 Å². The second-order valence-corrected chi connectivity index (χ2v) is 8.40. The number of sulfonamides is 1. The first-order chi connectivity index (χ1) is 12.3. The van der Waals surface area contributed by atoms with Gasteiger partial charge in [-0.1, -0.05) is 43.7 Å². The Hall–Kier alpha value is -1.93. The number of esters is 1. The van der Waals surface area contributed by atoms with Gasteiger partial charge in [0.25, 0.3) is 5.91 Å². The Labute approximate surface area is 154 Å². The summed E-state index contributed by atoms with van der Waals surface area (Å²) in [5.41, 5.74) is 0.542. The molecule has 0 saturated heterocycles. The Morgan fingerprint density at radius 2 is 1.88 bits per heavy atom. The lowest BCUT2D eigenvalue weighted by Gasteiger charge is -2.20. The highest BCUT2D eigenvalue weighted by molar-refractivity contribution is 7.89. The van der Waals surface area contributed by atoms with Gasteiger partial charge in [-0.3, -0.25) is 9.59 Å². The fourth-order valence-corrected chi connectivity index (χ4v) is 3.76. The summed E-state index contributed by atoms with van der Waals surface area (Å²) in [6.07, 6.45) is 1.96. The van der Waals surface area contributed by atoms with Crippen molar-refractivity contribution in [2.24, 2.45) is 0 Å². The summed E-state index contributed by atoms with van der Waals surface area (Å²) in [7, 11) is -3.57. The van der Waals surface area contributed by atoms with Crippen LogP contribution in [0.25, 0.3) is 0 Å². The van der Waals surface area contributed by atoms with Crippen LogP contribution in [0.3, 0.4) is 0 Å². The number of ether oxygens (including phenoxy) is 1. The molecule has 0 unspecified atom stereocenters. The normalized spacial score (nSPS) is 16.5. The number of amides is 1. The van der Waals surface area contributed by atoms with Gasteiger partial charge >= 0.3 is 5.97 Å². The molecule has 0 aromatic heterocycles. The summed E-state index contributed by atoms with van der Waals surface area (Å²) in [6.45, 7) is 3.29. The fourth-order valence-electron chi connectivity index (χ4n) is 2.33. The van der Waals surface area contributed by atoms with Crippen LogP contribution in [0.5, 0.6) is 0 Å². The van der Waals surface area contributed by atoms with E-state index in [9.17, 15) is 18.0 Å². The standard InChI is InChI=1S/C18H26N2O5S/c1-3-4-12-26(23,24)20-13(2)18(22)25-16(14-8-6-5-7-9-14)17(21)19-15-10-11-15/h5-9,13,15-16,20H,3-4,10-12H2,1-2H3,(H,19,21)/t13-,16-/m0/s1. The molecule has 144 valence electrons. The van der Waals surface area contributed by atoms with E-state index in [1.807, 2.05) is 6.92 Å². The molecule has 26 heavy (non-hydrogen) atoms. The van der Waals surface area contributed by atoms with Crippen molar-refractivity contribution in [1.82, 2.24) is 10.0 Å². The SMILES string of the molecule is CCCCS(=O)(=O)N[C@@H](C)C(=O)O[C@H](C(=O)NC1CC1)c1ccccc1. The van der Waals surface area contributed by atoms with Crippen molar-refractivity contribution < 1.29 is 22.7 Å². The van der Waals surface area contributed by atoms with E-state index in [2.05, 4.69) is 10.0 Å². The van der Waals surface area contributed by atoms with Crippen LogP contribution >= 0.6 is 0 Å². The molecule has 0 heterocycles. The quantitative estimate of drug-likeness (QED) is 0.599. The minimum atomic E-state index is -3.57. The molecule has 1 fully saturated rings. The number of unbranched alkanes of at least 4 members (excludes halogenated alkanes) is 1. The second-order valence-electron chi connectivity index (χ2n) is 6.52. The average Bonchev–Trinajstić information content (AvgIpc) is 3.41. The molecular formula is C18H26N2O5S. The first kappa shape index (κ1) is 20.4. The molecular weight excluding hydrogens is 356 g/mol. The Bertz CT molecular complexity index is 716. The molecule has 0 aliphatic heterocycles. The highest BCUT2D eigenvalue weighted by Crippen LogP contribution is 2.23. The third-order valence-electron chi connectivity index (χ3n) is 3.97. The van der Waals surface area contributed by atoms with E-state index in [1.165, 1.54) is 6.92 Å². The van der Waals surface area contributed by atoms with Crippen molar-refractivity contribution in [3.8, 4) is 0 Å². The summed E-state index contributed by atoms with van der Waals surface area (Å²) in [5, 5.41) is 2.82. The fraction of sp³-hybridized carbons (Fsp3) is 0.556. The van der Waals surface area contributed by atoms with Crippen LogP contribution in [0.1, 0.15) is 51.2 Å². The van der Waals surface area contributed by atoms with Crippen molar-refractivity contribution >= 4 is 21.9 Å². The first-order valence-corrected chi connectivity index (χ1v) is 10.5. The maximum absolute atomic E-state index is 12.5. The average molecular weight is 382 g/mol. The highest BCUT2D eigenvalue weighted by atomic mass is 32.2. The molecule has 1 aromatic rings. The van der Waals surface area contributed by atoms with Gasteiger partial charge in [-0.05, 0) is 26.2 Å². The number of nitrogens with one attached hydrogen (secondary N) is 2. The molecule has 0 spiro atoms. The van der Waals surface area contributed by atoms with E-state index >= 15 is 0 Å². The van der Waals surface area contributed by atoms with E-state index in [-0.39, 0.29) is 11.8 Å². The number of carbonyl (C=O) groups excluding carboxylic acids is 2. The number of carbonyl (C=O) groups is 2. The van der Waals surface area contributed by atoms with Crippen LogP contribution in [0.2, 0.25) is 0 Å². The third-order valence-corrected chi connectivity index (χ3v) is 5.51. The molecule has 1 saturated carbocycles. The summed E-state index contributed by atoms with van der Waals surface area (Å²) in [6, 6.07) is 7.73. The lowest BCUT2D eigenvalue weighted by molar-refractivity contribution is -0.157. The second kappa shape index (κ2) is 9.14. The van der Waals surface area contributed by atoms with Crippen LogP contribution in [0, 0.1) is 0 Å². The molecule has 1 aromatic carbocycles. The number of rotatable bonds is 10. The van der Waals surface area contributed by atoms with Gasteiger partial charge in [0.1, 0.15) is 6.04 Å². The van der Waals surface area contributed by atoms with Crippen molar-refractivity contribution in [3.63, 3.8) is 0 Å². The zero-order chi connectivity index (χ0) is 19.2. The monoisotopic (exact) mass is 382 g/mol. The molecule has 1 aliphatic carbocycles. The van der Waals surface area contributed by atoms with Gasteiger partial charge in [-0.2, -0.15) is 0 Å². The summed E-state index contributed by atoms with van der Waals surface area (Å²) < 4.78 is 31.6. The summed E-state index contributed by atoms with van der Waals surface area (Å²) >= 11 is 0. The lowest BCUT2D eigenvalue weighted by atomic mass is 10.1. The zero-order valence-corrected chi connectivity index (χ0v) is 15.9. The van der Waals surface area contributed by atoms with Gasteiger partial charge in [0.2, 0.25) is 16.1 Å². The van der Waals surface area contributed by atoms with Crippen LogP contribution in [-0.4, -0.2) is 38.1 Å². The van der Waals surface area contributed by atoms with Crippen LogP contribution in [0.4, 0.5) is 0 Å². The lowest BCUT2D eigenvalue weighted by Crippen LogP contribution is -2.42. The van der Waals surface area contributed by atoms with Gasteiger partial charge in [-0.15, -0.1) is 0 Å². The third kappa shape index (κ3) is 6.42. The predicted octanol–water partition coefficient (Wildman–Crippen LogP) is 1.66. The topological polar surface area (TPSA) is 102 Å². The van der Waals surface area contributed by atoms with Gasteiger partial charge < -0.3 is 10.1 Å². The maximum Gasteiger partial charge on any atom is 0.325 e. The van der Waals surface area contributed by atoms with Gasteiger partial charge in [-0.25, -0.2) is 13.1 Å². The molecule has 1 amide bonds. The Morgan fingerprint density at radius 3 is 2.46 bits per heavy atom. The minimum absolute atomic E-state index is 0.0502. The number of hydrogen-bond acceptors (Lipinski definition) is 5. The van der Waals surface area contributed by atoms with E-state index in [1.54, 1.807) is 30.3 Å². The van der Waals surface area contributed by atoms with Gasteiger partial charge in [0.15, 0.2) is 0 Å².